The van der Waals surface area contributed by atoms with E-state index in [1.54, 1.807) is 7.11 Å². The molecule has 1 amide bonds. The number of nitrogens with one attached hydrogen (secondary N) is 2. The van der Waals surface area contributed by atoms with Gasteiger partial charge in [-0.3, -0.25) is 4.79 Å². The van der Waals surface area contributed by atoms with Crippen molar-refractivity contribution < 1.29 is 9.53 Å². The van der Waals surface area contributed by atoms with Gasteiger partial charge in [-0.05, 0) is 16.7 Å². The number of carbonyl (C=O) groups is 1. The van der Waals surface area contributed by atoms with Crippen LogP contribution < -0.4 is 10.6 Å². The fourth-order valence-electron chi connectivity index (χ4n) is 2.08. The highest BCUT2D eigenvalue weighted by Crippen LogP contribution is 2.19. The van der Waals surface area contributed by atoms with Crippen LogP contribution in [0.1, 0.15) is 5.56 Å². The molecule has 5 heteroatoms. The van der Waals surface area contributed by atoms with E-state index < -0.39 is 0 Å². The number of hydrogen-bond donors (Lipinski definition) is 2. The molecule has 23 heavy (non-hydrogen) atoms. The molecule has 0 aliphatic carbocycles. The average Bonchev–Trinajstić information content (AvgIpc) is 2.58. The average molecular weight is 335 g/mol. The van der Waals surface area contributed by atoms with Gasteiger partial charge < -0.3 is 15.4 Å². The van der Waals surface area contributed by atoms with E-state index in [-0.39, 0.29) is 18.3 Å². The van der Waals surface area contributed by atoms with E-state index in [2.05, 4.69) is 34.9 Å². The molecule has 0 radical (unpaired) electrons. The van der Waals surface area contributed by atoms with Crippen LogP contribution in [0.25, 0.3) is 11.1 Å². The number of benzene rings is 2. The second kappa shape index (κ2) is 10.8. The lowest BCUT2D eigenvalue weighted by atomic mass is 10.0. The number of hydrogen-bond acceptors (Lipinski definition) is 3. The summed E-state index contributed by atoms with van der Waals surface area (Å²) in [5.41, 5.74) is 3.46. The zero-order valence-electron chi connectivity index (χ0n) is 13.2. The van der Waals surface area contributed by atoms with Crippen LogP contribution in [0.4, 0.5) is 0 Å². The number of amides is 1. The minimum Gasteiger partial charge on any atom is -0.383 e. The number of methoxy groups -OCH3 is 1. The summed E-state index contributed by atoms with van der Waals surface area (Å²) >= 11 is 0. The summed E-state index contributed by atoms with van der Waals surface area (Å²) in [6.07, 6.45) is 0. The molecule has 0 spiro atoms. The maximum atomic E-state index is 11.7. The molecule has 2 aromatic carbocycles. The van der Waals surface area contributed by atoms with E-state index in [9.17, 15) is 4.79 Å². The Labute approximate surface area is 143 Å². The SMILES string of the molecule is COCCNCC(=O)NCc1ccc(-c2ccccc2)cc1.Cl. The van der Waals surface area contributed by atoms with Crippen molar-refractivity contribution in [1.82, 2.24) is 10.6 Å². The van der Waals surface area contributed by atoms with Gasteiger partial charge in [-0.2, -0.15) is 0 Å². The Kier molecular flexibility index (Phi) is 8.98. The third kappa shape index (κ3) is 6.82. The predicted molar refractivity (Wildman–Crippen MR) is 95.7 cm³/mol. The third-order valence-corrected chi connectivity index (χ3v) is 3.32. The first kappa shape index (κ1) is 19.2. The Bertz CT molecular complexity index is 573. The summed E-state index contributed by atoms with van der Waals surface area (Å²) in [7, 11) is 1.64. The second-order valence-electron chi connectivity index (χ2n) is 5.01. The Morgan fingerprint density at radius 2 is 1.65 bits per heavy atom. The van der Waals surface area contributed by atoms with Gasteiger partial charge in [-0.15, -0.1) is 12.4 Å². The van der Waals surface area contributed by atoms with Crippen LogP contribution in [0.15, 0.2) is 54.6 Å². The number of ether oxygens (including phenoxy) is 1. The van der Waals surface area contributed by atoms with E-state index in [1.807, 2.05) is 30.3 Å². The molecule has 0 aromatic heterocycles. The topological polar surface area (TPSA) is 50.4 Å². The highest BCUT2D eigenvalue weighted by Gasteiger charge is 2.01. The smallest absolute Gasteiger partial charge is 0.234 e. The molecule has 0 saturated carbocycles. The van der Waals surface area contributed by atoms with Crippen LogP contribution in [-0.4, -0.2) is 32.7 Å². The summed E-state index contributed by atoms with van der Waals surface area (Å²) in [5, 5.41) is 5.91. The van der Waals surface area contributed by atoms with Gasteiger partial charge in [0.1, 0.15) is 0 Å². The van der Waals surface area contributed by atoms with Crippen molar-refractivity contribution in [3.63, 3.8) is 0 Å². The molecule has 2 aromatic rings. The highest BCUT2D eigenvalue weighted by atomic mass is 35.5. The monoisotopic (exact) mass is 334 g/mol. The first-order valence-corrected chi connectivity index (χ1v) is 7.40. The maximum absolute atomic E-state index is 11.7. The van der Waals surface area contributed by atoms with Gasteiger partial charge in [0.2, 0.25) is 5.91 Å². The van der Waals surface area contributed by atoms with E-state index in [0.717, 1.165) is 5.56 Å². The lowest BCUT2D eigenvalue weighted by Crippen LogP contribution is -2.34. The molecule has 2 rings (SSSR count). The van der Waals surface area contributed by atoms with Gasteiger partial charge in [0, 0.05) is 20.2 Å². The standard InChI is InChI=1S/C18H22N2O2.ClH/c1-22-12-11-19-14-18(21)20-13-15-7-9-17(10-8-15)16-5-3-2-4-6-16;/h2-10,19H,11-14H2,1H3,(H,20,21);1H. The third-order valence-electron chi connectivity index (χ3n) is 3.32. The molecule has 4 nitrogen and oxygen atoms in total. The summed E-state index contributed by atoms with van der Waals surface area (Å²) in [4.78, 5) is 11.7. The van der Waals surface area contributed by atoms with Crippen LogP contribution in [0.5, 0.6) is 0 Å². The lowest BCUT2D eigenvalue weighted by molar-refractivity contribution is -0.120. The molecule has 0 aliphatic rings. The molecule has 124 valence electrons. The summed E-state index contributed by atoms with van der Waals surface area (Å²) in [6.45, 7) is 2.13. The van der Waals surface area contributed by atoms with Gasteiger partial charge in [0.15, 0.2) is 0 Å². The molecular weight excluding hydrogens is 312 g/mol. The summed E-state index contributed by atoms with van der Waals surface area (Å²) < 4.78 is 4.91. The van der Waals surface area contributed by atoms with Crippen molar-refractivity contribution in [2.75, 3.05) is 26.8 Å². The summed E-state index contributed by atoms with van der Waals surface area (Å²) in [5.74, 6) is -0.0109. The van der Waals surface area contributed by atoms with Crippen LogP contribution >= 0.6 is 12.4 Å². The van der Waals surface area contributed by atoms with Gasteiger partial charge in [0.05, 0.1) is 13.2 Å². The largest absolute Gasteiger partial charge is 0.383 e. The molecule has 0 unspecified atom stereocenters. The normalized spacial score (nSPS) is 9.96. The molecule has 2 N–H and O–H groups in total. The van der Waals surface area contributed by atoms with E-state index in [4.69, 9.17) is 4.74 Å². The number of carbonyl (C=O) groups excluding carboxylic acids is 1. The first-order valence-electron chi connectivity index (χ1n) is 7.40. The van der Waals surface area contributed by atoms with E-state index in [0.29, 0.717) is 26.2 Å². The van der Waals surface area contributed by atoms with E-state index >= 15 is 0 Å². The minimum atomic E-state index is -0.0109. The van der Waals surface area contributed by atoms with Crippen molar-refractivity contribution in [1.29, 1.82) is 0 Å². The molecule has 0 aliphatic heterocycles. The minimum absolute atomic E-state index is 0. The predicted octanol–water partition coefficient (Wildman–Crippen LogP) is 2.63. The summed E-state index contributed by atoms with van der Waals surface area (Å²) in [6, 6.07) is 18.5. The van der Waals surface area contributed by atoms with Crippen molar-refractivity contribution in [3.05, 3.63) is 60.2 Å². The van der Waals surface area contributed by atoms with Gasteiger partial charge in [0.25, 0.3) is 0 Å². The molecule has 0 bridgehead atoms. The molecule has 0 fully saturated rings. The second-order valence-corrected chi connectivity index (χ2v) is 5.01. The Morgan fingerprint density at radius 1 is 1.00 bits per heavy atom. The van der Waals surface area contributed by atoms with E-state index in [1.165, 1.54) is 11.1 Å². The zero-order chi connectivity index (χ0) is 15.6. The Morgan fingerprint density at radius 3 is 2.30 bits per heavy atom. The molecule has 0 atom stereocenters. The number of halogens is 1. The van der Waals surface area contributed by atoms with Gasteiger partial charge in [-0.1, -0.05) is 54.6 Å². The van der Waals surface area contributed by atoms with Crippen LogP contribution in [-0.2, 0) is 16.1 Å². The zero-order valence-corrected chi connectivity index (χ0v) is 14.1. The Balaban J connectivity index is 0.00000264. The van der Waals surface area contributed by atoms with Crippen LogP contribution in [0.3, 0.4) is 0 Å². The number of rotatable bonds is 8. The van der Waals surface area contributed by atoms with Crippen LogP contribution in [0.2, 0.25) is 0 Å². The van der Waals surface area contributed by atoms with Crippen LogP contribution in [0, 0.1) is 0 Å². The van der Waals surface area contributed by atoms with Crippen molar-refractivity contribution in [2.45, 2.75) is 6.54 Å². The van der Waals surface area contributed by atoms with Crippen molar-refractivity contribution in [3.8, 4) is 11.1 Å². The highest BCUT2D eigenvalue weighted by molar-refractivity contribution is 5.85. The fourth-order valence-corrected chi connectivity index (χ4v) is 2.08. The quantitative estimate of drug-likeness (QED) is 0.730. The molecular formula is C18H23ClN2O2. The maximum Gasteiger partial charge on any atom is 0.234 e. The Hall–Kier alpha value is -1.88. The van der Waals surface area contributed by atoms with Crippen molar-refractivity contribution >= 4 is 18.3 Å². The molecule has 0 saturated heterocycles. The van der Waals surface area contributed by atoms with Gasteiger partial charge in [-0.25, -0.2) is 0 Å². The fraction of sp³-hybridized carbons (Fsp3) is 0.278. The molecule has 0 heterocycles. The first-order chi connectivity index (χ1) is 10.8. The van der Waals surface area contributed by atoms with Gasteiger partial charge >= 0.3 is 0 Å². The lowest BCUT2D eigenvalue weighted by Gasteiger charge is -2.08. The van der Waals surface area contributed by atoms with Crippen molar-refractivity contribution in [2.24, 2.45) is 0 Å².